The van der Waals surface area contributed by atoms with Gasteiger partial charge in [0.25, 0.3) is 5.91 Å². The maximum Gasteiger partial charge on any atom is 0.272 e. The number of aromatic amines is 1. The molecule has 0 saturated heterocycles. The summed E-state index contributed by atoms with van der Waals surface area (Å²) in [6, 6.07) is 5.88. The quantitative estimate of drug-likeness (QED) is 0.767. The number of aryl methyl sites for hydroxylation is 2. The summed E-state index contributed by atoms with van der Waals surface area (Å²) in [7, 11) is 1.94. The average Bonchev–Trinajstić information content (AvgIpc) is 3.31. The SMILES string of the molecule is Cc1nn(C)c(C)c1CN(C(=O)c1cc(-c2ccncc2)n[nH]1)C1CC1. The molecule has 7 nitrogen and oxygen atoms in total. The van der Waals surface area contributed by atoms with Crippen LogP contribution in [0.1, 0.15) is 40.3 Å². The van der Waals surface area contributed by atoms with Gasteiger partial charge in [-0.1, -0.05) is 0 Å². The van der Waals surface area contributed by atoms with Gasteiger partial charge in [-0.25, -0.2) is 0 Å². The van der Waals surface area contributed by atoms with Crippen LogP contribution in [0.4, 0.5) is 0 Å². The Hall–Kier alpha value is -2.96. The smallest absolute Gasteiger partial charge is 0.272 e. The number of carbonyl (C=O) groups excluding carboxylic acids is 1. The lowest BCUT2D eigenvalue weighted by atomic mass is 10.1. The zero-order valence-corrected chi connectivity index (χ0v) is 15.2. The topological polar surface area (TPSA) is 79.7 Å². The molecule has 0 aromatic carbocycles. The van der Waals surface area contributed by atoms with Crippen molar-refractivity contribution in [3.63, 3.8) is 0 Å². The summed E-state index contributed by atoms with van der Waals surface area (Å²) >= 11 is 0. The number of rotatable bonds is 5. The number of aromatic nitrogens is 5. The molecule has 1 aliphatic rings. The molecular formula is C19H22N6O. The van der Waals surface area contributed by atoms with Crippen LogP contribution in [0.25, 0.3) is 11.3 Å². The Morgan fingerprint density at radius 1 is 1.31 bits per heavy atom. The van der Waals surface area contributed by atoms with Crippen LogP contribution in [0.15, 0.2) is 30.6 Å². The van der Waals surface area contributed by atoms with Gasteiger partial charge in [0.05, 0.1) is 11.4 Å². The minimum Gasteiger partial charge on any atom is -0.330 e. The van der Waals surface area contributed by atoms with Crippen molar-refractivity contribution >= 4 is 5.91 Å². The lowest BCUT2D eigenvalue weighted by Gasteiger charge is -2.22. The zero-order valence-electron chi connectivity index (χ0n) is 15.2. The van der Waals surface area contributed by atoms with Gasteiger partial charge in [-0.15, -0.1) is 0 Å². The van der Waals surface area contributed by atoms with Crippen LogP contribution < -0.4 is 0 Å². The van der Waals surface area contributed by atoms with E-state index in [9.17, 15) is 4.79 Å². The number of nitrogens with zero attached hydrogens (tertiary/aromatic N) is 5. The van der Waals surface area contributed by atoms with Gasteiger partial charge in [0.1, 0.15) is 5.69 Å². The number of nitrogens with one attached hydrogen (secondary N) is 1. The lowest BCUT2D eigenvalue weighted by Crippen LogP contribution is -2.33. The Labute approximate surface area is 152 Å². The number of amides is 1. The van der Waals surface area contributed by atoms with E-state index in [0.29, 0.717) is 18.3 Å². The van der Waals surface area contributed by atoms with Crippen LogP contribution in [0.3, 0.4) is 0 Å². The van der Waals surface area contributed by atoms with Gasteiger partial charge < -0.3 is 4.90 Å². The molecule has 1 saturated carbocycles. The normalized spacial score (nSPS) is 13.8. The highest BCUT2D eigenvalue weighted by molar-refractivity contribution is 5.93. The number of H-pyrrole nitrogens is 1. The summed E-state index contributed by atoms with van der Waals surface area (Å²) in [4.78, 5) is 19.1. The van der Waals surface area contributed by atoms with Crippen molar-refractivity contribution in [3.8, 4) is 11.3 Å². The first-order valence-corrected chi connectivity index (χ1v) is 8.80. The molecule has 134 valence electrons. The van der Waals surface area contributed by atoms with Crippen molar-refractivity contribution in [2.24, 2.45) is 7.05 Å². The van der Waals surface area contributed by atoms with Gasteiger partial charge in [0, 0.05) is 48.8 Å². The number of carbonyl (C=O) groups is 1. The molecule has 1 aliphatic carbocycles. The molecule has 0 unspecified atom stereocenters. The van der Waals surface area contributed by atoms with E-state index in [0.717, 1.165) is 41.1 Å². The molecule has 3 aromatic heterocycles. The van der Waals surface area contributed by atoms with E-state index in [1.807, 2.05) is 48.7 Å². The van der Waals surface area contributed by atoms with Crippen molar-refractivity contribution in [3.05, 3.63) is 53.2 Å². The molecule has 0 bridgehead atoms. The highest BCUT2D eigenvalue weighted by Crippen LogP contribution is 2.31. The summed E-state index contributed by atoms with van der Waals surface area (Å²) in [5, 5.41) is 11.7. The largest absolute Gasteiger partial charge is 0.330 e. The van der Waals surface area contributed by atoms with Crippen molar-refractivity contribution in [1.82, 2.24) is 29.9 Å². The fourth-order valence-electron chi connectivity index (χ4n) is 3.23. The Balaban J connectivity index is 1.60. The molecule has 1 amide bonds. The molecule has 7 heteroatoms. The van der Waals surface area contributed by atoms with E-state index >= 15 is 0 Å². The van der Waals surface area contributed by atoms with Crippen LogP contribution in [-0.4, -0.2) is 41.8 Å². The number of pyridine rings is 1. The summed E-state index contributed by atoms with van der Waals surface area (Å²) in [6.07, 6.45) is 5.54. The fourth-order valence-corrected chi connectivity index (χ4v) is 3.23. The highest BCUT2D eigenvalue weighted by Gasteiger charge is 2.34. The molecule has 3 heterocycles. The minimum atomic E-state index is -0.0111. The summed E-state index contributed by atoms with van der Waals surface area (Å²) in [5.41, 5.74) is 5.41. The fraction of sp³-hybridized carbons (Fsp3) is 0.368. The van der Waals surface area contributed by atoms with Crippen molar-refractivity contribution in [1.29, 1.82) is 0 Å². The number of hydrogen-bond acceptors (Lipinski definition) is 4. The molecule has 0 spiro atoms. The zero-order chi connectivity index (χ0) is 18.3. The first kappa shape index (κ1) is 16.5. The summed E-state index contributed by atoms with van der Waals surface area (Å²) in [6.45, 7) is 4.62. The van der Waals surface area contributed by atoms with Gasteiger partial charge in [0.2, 0.25) is 0 Å². The Bertz CT molecular complexity index is 938. The van der Waals surface area contributed by atoms with E-state index < -0.39 is 0 Å². The second-order valence-corrected chi connectivity index (χ2v) is 6.84. The maximum atomic E-state index is 13.1. The molecular weight excluding hydrogens is 328 g/mol. The molecule has 26 heavy (non-hydrogen) atoms. The van der Waals surface area contributed by atoms with Crippen molar-refractivity contribution in [2.45, 2.75) is 39.3 Å². The molecule has 1 fully saturated rings. The third-order valence-corrected chi connectivity index (χ3v) is 5.02. The van der Waals surface area contributed by atoms with E-state index in [1.54, 1.807) is 12.4 Å². The van der Waals surface area contributed by atoms with E-state index in [2.05, 4.69) is 20.3 Å². The van der Waals surface area contributed by atoms with Crippen LogP contribution >= 0.6 is 0 Å². The van der Waals surface area contributed by atoms with Crippen LogP contribution in [0, 0.1) is 13.8 Å². The molecule has 0 aliphatic heterocycles. The van der Waals surface area contributed by atoms with E-state index in [4.69, 9.17) is 0 Å². The highest BCUT2D eigenvalue weighted by atomic mass is 16.2. The standard InChI is InChI=1S/C19H22N6O/c1-12-16(13(2)24(3)23-12)11-25(15-4-5-15)19(26)18-10-17(21-22-18)14-6-8-20-9-7-14/h6-10,15H,4-5,11H2,1-3H3,(H,21,22). The van der Waals surface area contributed by atoms with Gasteiger partial charge in [-0.2, -0.15) is 10.2 Å². The van der Waals surface area contributed by atoms with Crippen LogP contribution in [-0.2, 0) is 13.6 Å². The van der Waals surface area contributed by atoms with Gasteiger partial charge in [0.15, 0.2) is 0 Å². The van der Waals surface area contributed by atoms with Gasteiger partial charge in [-0.05, 0) is 44.9 Å². The first-order valence-electron chi connectivity index (χ1n) is 8.80. The Morgan fingerprint density at radius 3 is 2.65 bits per heavy atom. The maximum absolute atomic E-state index is 13.1. The van der Waals surface area contributed by atoms with E-state index in [-0.39, 0.29) is 5.91 Å². The summed E-state index contributed by atoms with van der Waals surface area (Å²) < 4.78 is 1.87. The average molecular weight is 350 g/mol. The third-order valence-electron chi connectivity index (χ3n) is 5.02. The Kier molecular flexibility index (Phi) is 4.06. The monoisotopic (exact) mass is 350 g/mol. The first-order chi connectivity index (χ1) is 12.5. The van der Waals surface area contributed by atoms with E-state index in [1.165, 1.54) is 0 Å². The molecule has 1 N–H and O–H groups in total. The van der Waals surface area contributed by atoms with Crippen LogP contribution in [0.2, 0.25) is 0 Å². The molecule has 4 rings (SSSR count). The second kappa shape index (κ2) is 6.40. The third kappa shape index (κ3) is 3.00. The van der Waals surface area contributed by atoms with Gasteiger partial charge >= 0.3 is 0 Å². The second-order valence-electron chi connectivity index (χ2n) is 6.84. The Morgan fingerprint density at radius 2 is 2.04 bits per heavy atom. The lowest BCUT2D eigenvalue weighted by molar-refractivity contribution is 0.0723. The summed E-state index contributed by atoms with van der Waals surface area (Å²) in [5.74, 6) is -0.0111. The minimum absolute atomic E-state index is 0.0111. The molecule has 3 aromatic rings. The predicted molar refractivity (Wildman–Crippen MR) is 97.4 cm³/mol. The van der Waals surface area contributed by atoms with Gasteiger partial charge in [-0.3, -0.25) is 19.6 Å². The van der Waals surface area contributed by atoms with Crippen LogP contribution in [0.5, 0.6) is 0 Å². The molecule has 0 radical (unpaired) electrons. The number of hydrogen-bond donors (Lipinski definition) is 1. The molecule has 0 atom stereocenters. The van der Waals surface area contributed by atoms with Crippen molar-refractivity contribution < 1.29 is 4.79 Å². The predicted octanol–water partition coefficient (Wildman–Crippen LogP) is 2.63. The van der Waals surface area contributed by atoms with Crippen molar-refractivity contribution in [2.75, 3.05) is 0 Å².